The van der Waals surface area contributed by atoms with Crippen molar-refractivity contribution in [3.05, 3.63) is 45.6 Å². The first kappa shape index (κ1) is 20.1. The molecule has 1 unspecified atom stereocenters. The molecule has 0 spiro atoms. The maximum atomic E-state index is 12.6. The fourth-order valence-corrected chi connectivity index (χ4v) is 4.91. The van der Waals surface area contributed by atoms with E-state index in [4.69, 9.17) is 4.74 Å². The van der Waals surface area contributed by atoms with Crippen LogP contribution >= 0.6 is 11.3 Å². The number of rotatable bonds is 5. The molecule has 29 heavy (non-hydrogen) atoms. The third kappa shape index (κ3) is 5.23. The van der Waals surface area contributed by atoms with E-state index in [1.807, 2.05) is 30.3 Å². The Labute approximate surface area is 175 Å². The molecule has 1 aliphatic heterocycles. The molecule has 2 aromatic rings. The van der Waals surface area contributed by atoms with Crippen molar-refractivity contribution in [2.24, 2.45) is 5.92 Å². The number of amides is 2. The predicted molar refractivity (Wildman–Crippen MR) is 116 cm³/mol. The summed E-state index contributed by atoms with van der Waals surface area (Å²) in [6.07, 6.45) is 3.35. The van der Waals surface area contributed by atoms with Gasteiger partial charge in [0.05, 0.1) is 24.6 Å². The van der Waals surface area contributed by atoms with Gasteiger partial charge in [0.2, 0.25) is 5.91 Å². The molecule has 2 aliphatic rings. The lowest BCUT2D eigenvalue weighted by Gasteiger charge is -2.25. The lowest BCUT2D eigenvalue weighted by Crippen LogP contribution is -2.41. The first-order chi connectivity index (χ1) is 14.1. The van der Waals surface area contributed by atoms with Gasteiger partial charge in [-0.15, -0.1) is 11.3 Å². The van der Waals surface area contributed by atoms with E-state index >= 15 is 0 Å². The number of carbonyl (C=O) groups is 2. The van der Waals surface area contributed by atoms with Gasteiger partial charge in [0.15, 0.2) is 0 Å². The Kier molecular flexibility index (Phi) is 6.28. The lowest BCUT2D eigenvalue weighted by atomic mass is 9.90. The van der Waals surface area contributed by atoms with Gasteiger partial charge in [-0.2, -0.15) is 0 Å². The van der Waals surface area contributed by atoms with Crippen LogP contribution in [0.1, 0.15) is 33.5 Å². The second-order valence-corrected chi connectivity index (χ2v) is 9.01. The molecular formula is C22H27N3O3S. The number of carbonyl (C=O) groups excluding carboxylic acids is 2. The van der Waals surface area contributed by atoms with Crippen LogP contribution in [0.5, 0.6) is 0 Å². The molecule has 1 aliphatic carbocycles. The van der Waals surface area contributed by atoms with E-state index < -0.39 is 0 Å². The summed E-state index contributed by atoms with van der Waals surface area (Å²) in [5, 5.41) is 5.87. The van der Waals surface area contributed by atoms with Crippen LogP contribution < -0.4 is 10.6 Å². The van der Waals surface area contributed by atoms with Crippen molar-refractivity contribution in [2.45, 2.75) is 26.2 Å². The largest absolute Gasteiger partial charge is 0.379 e. The number of ether oxygens (including phenoxy) is 1. The summed E-state index contributed by atoms with van der Waals surface area (Å²) < 4.78 is 5.30. The number of hydrogen-bond acceptors (Lipinski definition) is 5. The first-order valence-electron chi connectivity index (χ1n) is 10.2. The Hall–Kier alpha value is -2.22. The van der Waals surface area contributed by atoms with Crippen molar-refractivity contribution in [1.82, 2.24) is 4.90 Å². The number of hydrogen-bond donors (Lipinski definition) is 2. The maximum absolute atomic E-state index is 12.6. The zero-order chi connectivity index (χ0) is 20.2. The first-order valence-corrected chi connectivity index (χ1v) is 11.0. The highest BCUT2D eigenvalue weighted by atomic mass is 32.1. The number of nitrogens with one attached hydrogen (secondary N) is 2. The SMILES string of the molecule is CC1CCc2sc(C(=O)Nc3ccc(NC(=O)CN4CCOCC4)cc3)cc2C1. The summed E-state index contributed by atoms with van der Waals surface area (Å²) in [6.45, 7) is 5.54. The van der Waals surface area contributed by atoms with Crippen molar-refractivity contribution in [2.75, 3.05) is 43.5 Å². The van der Waals surface area contributed by atoms with Gasteiger partial charge in [-0.05, 0) is 61.1 Å². The van der Waals surface area contributed by atoms with E-state index in [-0.39, 0.29) is 11.8 Å². The van der Waals surface area contributed by atoms with E-state index in [2.05, 4.69) is 22.5 Å². The van der Waals surface area contributed by atoms with Gasteiger partial charge in [-0.3, -0.25) is 14.5 Å². The third-order valence-electron chi connectivity index (χ3n) is 5.45. The van der Waals surface area contributed by atoms with Crippen molar-refractivity contribution >= 4 is 34.5 Å². The van der Waals surface area contributed by atoms with Gasteiger partial charge >= 0.3 is 0 Å². The summed E-state index contributed by atoms with van der Waals surface area (Å²) in [7, 11) is 0. The summed E-state index contributed by atoms with van der Waals surface area (Å²) in [6, 6.07) is 9.31. The molecule has 0 radical (unpaired) electrons. The average Bonchev–Trinajstić information content (AvgIpc) is 3.13. The quantitative estimate of drug-likeness (QED) is 0.788. The molecule has 6 nitrogen and oxygen atoms in total. The molecule has 1 aromatic carbocycles. The molecule has 1 saturated heterocycles. The zero-order valence-corrected chi connectivity index (χ0v) is 17.5. The summed E-state index contributed by atoms with van der Waals surface area (Å²) in [5.74, 6) is 0.585. The second kappa shape index (κ2) is 9.07. The Bertz CT molecular complexity index is 872. The van der Waals surface area contributed by atoms with E-state index in [0.29, 0.717) is 25.7 Å². The highest BCUT2D eigenvalue weighted by molar-refractivity contribution is 7.14. The Morgan fingerprint density at radius 3 is 2.55 bits per heavy atom. The predicted octanol–water partition coefficient (Wildman–Crippen LogP) is 3.40. The molecule has 154 valence electrons. The molecule has 0 bridgehead atoms. The van der Waals surface area contributed by atoms with Crippen LogP contribution in [-0.4, -0.2) is 49.6 Å². The number of fused-ring (bicyclic) bond motifs is 1. The van der Waals surface area contributed by atoms with Crippen molar-refractivity contribution < 1.29 is 14.3 Å². The molecule has 1 aromatic heterocycles. The minimum Gasteiger partial charge on any atom is -0.379 e. The topological polar surface area (TPSA) is 70.7 Å². The fourth-order valence-electron chi connectivity index (χ4n) is 3.81. The molecule has 2 amide bonds. The van der Waals surface area contributed by atoms with Gasteiger partial charge < -0.3 is 15.4 Å². The lowest BCUT2D eigenvalue weighted by molar-refractivity contribution is -0.118. The van der Waals surface area contributed by atoms with Gasteiger partial charge in [0.25, 0.3) is 5.91 Å². The smallest absolute Gasteiger partial charge is 0.265 e. The molecular weight excluding hydrogens is 386 g/mol. The van der Waals surface area contributed by atoms with E-state index in [9.17, 15) is 9.59 Å². The van der Waals surface area contributed by atoms with Crippen LogP contribution in [0.4, 0.5) is 11.4 Å². The number of anilines is 2. The van der Waals surface area contributed by atoms with Crippen LogP contribution in [-0.2, 0) is 22.4 Å². The summed E-state index contributed by atoms with van der Waals surface area (Å²) >= 11 is 1.61. The average molecular weight is 414 g/mol. The Balaban J connectivity index is 1.31. The summed E-state index contributed by atoms with van der Waals surface area (Å²) in [5.41, 5.74) is 2.78. The number of aryl methyl sites for hydroxylation is 1. The Morgan fingerprint density at radius 1 is 1.14 bits per heavy atom. The van der Waals surface area contributed by atoms with Crippen molar-refractivity contribution in [3.63, 3.8) is 0 Å². The van der Waals surface area contributed by atoms with Crippen LogP contribution in [0.15, 0.2) is 30.3 Å². The fraction of sp³-hybridized carbons (Fsp3) is 0.455. The number of benzene rings is 1. The summed E-state index contributed by atoms with van der Waals surface area (Å²) in [4.78, 5) is 29.0. The molecule has 1 fully saturated rings. The highest BCUT2D eigenvalue weighted by Crippen LogP contribution is 2.32. The van der Waals surface area contributed by atoms with E-state index in [1.165, 1.54) is 16.9 Å². The molecule has 4 rings (SSSR count). The normalized spacial score (nSPS) is 19.4. The second-order valence-electron chi connectivity index (χ2n) is 7.88. The van der Waals surface area contributed by atoms with Gasteiger partial charge in [-0.25, -0.2) is 0 Å². The van der Waals surface area contributed by atoms with Gasteiger partial charge in [0.1, 0.15) is 0 Å². The minimum atomic E-state index is -0.0684. The molecule has 7 heteroatoms. The monoisotopic (exact) mass is 413 g/mol. The van der Waals surface area contributed by atoms with Crippen LogP contribution in [0.25, 0.3) is 0 Å². The van der Waals surface area contributed by atoms with Gasteiger partial charge in [0, 0.05) is 29.3 Å². The molecule has 2 heterocycles. The highest BCUT2D eigenvalue weighted by Gasteiger charge is 2.21. The molecule has 1 atom stereocenters. The van der Waals surface area contributed by atoms with Crippen LogP contribution in [0, 0.1) is 5.92 Å². The Morgan fingerprint density at radius 2 is 1.83 bits per heavy atom. The van der Waals surface area contributed by atoms with Crippen LogP contribution in [0.2, 0.25) is 0 Å². The molecule has 2 N–H and O–H groups in total. The number of nitrogens with zero attached hydrogens (tertiary/aromatic N) is 1. The number of thiophene rings is 1. The van der Waals surface area contributed by atoms with E-state index in [1.54, 1.807) is 11.3 Å². The van der Waals surface area contributed by atoms with Crippen molar-refractivity contribution in [1.29, 1.82) is 0 Å². The number of morpholine rings is 1. The van der Waals surface area contributed by atoms with E-state index in [0.717, 1.165) is 42.2 Å². The zero-order valence-electron chi connectivity index (χ0n) is 16.7. The third-order valence-corrected chi connectivity index (χ3v) is 6.69. The van der Waals surface area contributed by atoms with Crippen LogP contribution in [0.3, 0.4) is 0 Å². The van der Waals surface area contributed by atoms with Crippen molar-refractivity contribution in [3.8, 4) is 0 Å². The maximum Gasteiger partial charge on any atom is 0.265 e. The minimum absolute atomic E-state index is 0.0397. The standard InChI is InChI=1S/C22H27N3O3S/c1-15-2-7-19-16(12-15)13-20(29-19)22(27)24-18-5-3-17(4-6-18)23-21(26)14-25-8-10-28-11-9-25/h3-6,13,15H,2,7-12,14H2,1H3,(H,23,26)(H,24,27). The molecule has 0 saturated carbocycles. The van der Waals surface area contributed by atoms with Gasteiger partial charge in [-0.1, -0.05) is 6.92 Å².